The maximum atomic E-state index is 11.4. The first kappa shape index (κ1) is 15.1. The number of hydrazine groups is 1. The highest BCUT2D eigenvalue weighted by atomic mass is 16.5. The normalized spacial score (nSPS) is 10.7. The number of aromatic nitrogens is 2. The Morgan fingerprint density at radius 3 is 3.00 bits per heavy atom. The van der Waals surface area contributed by atoms with Gasteiger partial charge in [0.15, 0.2) is 0 Å². The minimum absolute atomic E-state index is 0.336. The van der Waals surface area contributed by atoms with E-state index in [-0.39, 0.29) is 5.91 Å². The summed E-state index contributed by atoms with van der Waals surface area (Å²) in [4.78, 5) is 15.8. The molecule has 112 valence electrons. The van der Waals surface area contributed by atoms with Gasteiger partial charge in [-0.25, -0.2) is 10.8 Å². The van der Waals surface area contributed by atoms with Crippen molar-refractivity contribution < 1.29 is 9.53 Å². The summed E-state index contributed by atoms with van der Waals surface area (Å²) in [6, 6.07) is 6.92. The molecule has 0 unspecified atom stereocenters. The van der Waals surface area contributed by atoms with Crippen molar-refractivity contribution in [2.24, 2.45) is 5.84 Å². The average molecular weight is 288 g/mol. The largest absolute Gasteiger partial charge is 0.492 e. The molecule has 3 N–H and O–H groups in total. The van der Waals surface area contributed by atoms with Crippen molar-refractivity contribution in [3.63, 3.8) is 0 Å². The first-order chi connectivity index (χ1) is 10.1. The van der Waals surface area contributed by atoms with Crippen molar-refractivity contribution in [2.45, 2.75) is 26.3 Å². The lowest BCUT2D eigenvalue weighted by molar-refractivity contribution is 0.0953. The van der Waals surface area contributed by atoms with Crippen molar-refractivity contribution in [1.29, 1.82) is 0 Å². The lowest BCUT2D eigenvalue weighted by atomic mass is 10.2. The molecule has 6 heteroatoms. The van der Waals surface area contributed by atoms with Gasteiger partial charge in [0.1, 0.15) is 18.2 Å². The van der Waals surface area contributed by atoms with Crippen LogP contribution in [0.25, 0.3) is 0 Å². The van der Waals surface area contributed by atoms with Gasteiger partial charge in [0.2, 0.25) is 0 Å². The van der Waals surface area contributed by atoms with Crippen molar-refractivity contribution in [2.75, 3.05) is 6.61 Å². The highest BCUT2D eigenvalue weighted by molar-refractivity contribution is 5.94. The molecule has 1 aromatic heterocycles. The van der Waals surface area contributed by atoms with E-state index >= 15 is 0 Å². The molecule has 0 aliphatic carbocycles. The molecule has 1 aromatic carbocycles. The number of hydrogen-bond acceptors (Lipinski definition) is 4. The molecular formula is C15H20N4O2. The number of benzene rings is 1. The molecule has 2 aromatic rings. The molecule has 2 rings (SSSR count). The zero-order valence-electron chi connectivity index (χ0n) is 12.2. The zero-order valence-corrected chi connectivity index (χ0v) is 12.2. The van der Waals surface area contributed by atoms with Crippen LogP contribution in [0.2, 0.25) is 0 Å². The smallest absolute Gasteiger partial charge is 0.265 e. The van der Waals surface area contributed by atoms with Gasteiger partial charge in [0.25, 0.3) is 5.91 Å². The molecule has 0 fully saturated rings. The van der Waals surface area contributed by atoms with Crippen LogP contribution in [0.5, 0.6) is 5.75 Å². The van der Waals surface area contributed by atoms with Crippen LogP contribution < -0.4 is 16.0 Å². The van der Waals surface area contributed by atoms with Gasteiger partial charge in [-0.3, -0.25) is 10.2 Å². The van der Waals surface area contributed by atoms with Gasteiger partial charge < -0.3 is 9.30 Å². The molecule has 0 aliphatic heterocycles. The summed E-state index contributed by atoms with van der Waals surface area (Å²) in [6.45, 7) is 5.42. The number of amides is 1. The third kappa shape index (κ3) is 3.82. The van der Waals surface area contributed by atoms with Crippen LogP contribution in [0.15, 0.2) is 36.7 Å². The van der Waals surface area contributed by atoms with E-state index in [1.54, 1.807) is 24.4 Å². The fourth-order valence-electron chi connectivity index (χ4n) is 2.08. The van der Waals surface area contributed by atoms with E-state index in [0.717, 1.165) is 5.82 Å². The van der Waals surface area contributed by atoms with Crippen LogP contribution in [0.4, 0.5) is 0 Å². The molecule has 0 saturated carbocycles. The first-order valence-electron chi connectivity index (χ1n) is 6.86. The number of carbonyl (C=O) groups is 1. The van der Waals surface area contributed by atoms with Crippen LogP contribution >= 0.6 is 0 Å². The van der Waals surface area contributed by atoms with Crippen molar-refractivity contribution in [1.82, 2.24) is 15.0 Å². The quantitative estimate of drug-likeness (QED) is 0.481. The number of carbonyl (C=O) groups excluding carboxylic acids is 1. The second-order valence-corrected chi connectivity index (χ2v) is 4.98. The van der Waals surface area contributed by atoms with E-state index in [0.29, 0.717) is 30.4 Å². The average Bonchev–Trinajstić information content (AvgIpc) is 2.95. The van der Waals surface area contributed by atoms with Gasteiger partial charge in [0, 0.05) is 23.9 Å². The monoisotopic (exact) mass is 288 g/mol. The summed E-state index contributed by atoms with van der Waals surface area (Å²) in [6.07, 6.45) is 3.73. The van der Waals surface area contributed by atoms with Crippen LogP contribution in [0, 0.1) is 0 Å². The Hall–Kier alpha value is -2.34. The Morgan fingerprint density at radius 1 is 1.48 bits per heavy atom. The van der Waals surface area contributed by atoms with Gasteiger partial charge in [-0.05, 0) is 18.2 Å². The fraction of sp³-hybridized carbons (Fsp3) is 0.333. The van der Waals surface area contributed by atoms with E-state index in [1.807, 2.05) is 12.3 Å². The second-order valence-electron chi connectivity index (χ2n) is 4.98. The SMILES string of the molecule is CC(C)c1nccn1CCOc1cccc(C(=O)NN)c1. The Bertz CT molecular complexity index is 607. The van der Waals surface area contributed by atoms with Gasteiger partial charge in [-0.15, -0.1) is 0 Å². The minimum atomic E-state index is -0.336. The van der Waals surface area contributed by atoms with Crippen LogP contribution in [-0.2, 0) is 6.54 Å². The van der Waals surface area contributed by atoms with Crippen molar-refractivity contribution in [3.8, 4) is 5.75 Å². The Morgan fingerprint density at radius 2 is 2.29 bits per heavy atom. The topological polar surface area (TPSA) is 82.2 Å². The molecular weight excluding hydrogens is 268 g/mol. The minimum Gasteiger partial charge on any atom is -0.492 e. The van der Waals surface area contributed by atoms with Crippen molar-refractivity contribution >= 4 is 5.91 Å². The molecule has 0 aliphatic rings. The standard InChI is InChI=1S/C15H20N4O2/c1-11(2)14-17-6-7-19(14)8-9-21-13-5-3-4-12(10-13)15(20)18-16/h3-7,10-11H,8-9,16H2,1-2H3,(H,18,20). The molecule has 21 heavy (non-hydrogen) atoms. The predicted octanol–water partition coefficient (Wildman–Crippen LogP) is 1.69. The molecule has 1 amide bonds. The Balaban J connectivity index is 1.94. The number of nitrogens with two attached hydrogens (primary N) is 1. The van der Waals surface area contributed by atoms with E-state index in [2.05, 4.69) is 28.8 Å². The van der Waals surface area contributed by atoms with Gasteiger partial charge in [0.05, 0.1) is 6.54 Å². The molecule has 0 bridgehead atoms. The summed E-state index contributed by atoms with van der Waals surface area (Å²) < 4.78 is 7.75. The number of ether oxygens (including phenoxy) is 1. The molecule has 0 atom stereocenters. The molecule has 0 spiro atoms. The van der Waals surface area contributed by atoms with Crippen molar-refractivity contribution in [3.05, 3.63) is 48.0 Å². The predicted molar refractivity (Wildman–Crippen MR) is 79.9 cm³/mol. The summed E-state index contributed by atoms with van der Waals surface area (Å²) >= 11 is 0. The van der Waals surface area contributed by atoms with E-state index in [9.17, 15) is 4.79 Å². The van der Waals surface area contributed by atoms with E-state index in [1.165, 1.54) is 0 Å². The Labute approximate surface area is 123 Å². The molecule has 0 saturated heterocycles. The molecule has 1 heterocycles. The summed E-state index contributed by atoms with van der Waals surface area (Å²) in [5.74, 6) is 6.83. The van der Waals surface area contributed by atoms with Gasteiger partial charge >= 0.3 is 0 Å². The summed E-state index contributed by atoms with van der Waals surface area (Å²) in [5.41, 5.74) is 2.57. The molecule has 0 radical (unpaired) electrons. The number of rotatable bonds is 6. The van der Waals surface area contributed by atoms with E-state index in [4.69, 9.17) is 10.6 Å². The lowest BCUT2D eigenvalue weighted by Crippen LogP contribution is -2.29. The number of nitrogen functional groups attached to an aromatic ring is 1. The number of nitrogens with zero attached hydrogens (tertiary/aromatic N) is 2. The summed E-state index contributed by atoms with van der Waals surface area (Å²) in [5, 5.41) is 0. The number of hydrogen-bond donors (Lipinski definition) is 2. The first-order valence-corrected chi connectivity index (χ1v) is 6.86. The second kappa shape index (κ2) is 6.90. The van der Waals surface area contributed by atoms with Crippen LogP contribution in [0.1, 0.15) is 35.9 Å². The zero-order chi connectivity index (χ0) is 15.2. The van der Waals surface area contributed by atoms with Crippen LogP contribution in [0.3, 0.4) is 0 Å². The maximum Gasteiger partial charge on any atom is 0.265 e. The third-order valence-electron chi connectivity index (χ3n) is 3.09. The highest BCUT2D eigenvalue weighted by Crippen LogP contribution is 2.14. The summed E-state index contributed by atoms with van der Waals surface area (Å²) in [7, 11) is 0. The van der Waals surface area contributed by atoms with E-state index < -0.39 is 0 Å². The third-order valence-corrected chi connectivity index (χ3v) is 3.09. The highest BCUT2D eigenvalue weighted by Gasteiger charge is 2.07. The Kier molecular flexibility index (Phi) is 4.94. The van der Waals surface area contributed by atoms with Crippen LogP contribution in [-0.4, -0.2) is 22.1 Å². The lowest BCUT2D eigenvalue weighted by Gasteiger charge is -2.11. The van der Waals surface area contributed by atoms with Gasteiger partial charge in [-0.2, -0.15) is 0 Å². The number of imidazole rings is 1. The number of nitrogens with one attached hydrogen (secondary N) is 1. The molecule has 6 nitrogen and oxygen atoms in total. The van der Waals surface area contributed by atoms with Gasteiger partial charge in [-0.1, -0.05) is 19.9 Å². The maximum absolute atomic E-state index is 11.4. The fourth-order valence-corrected chi connectivity index (χ4v) is 2.08.